The quantitative estimate of drug-likeness (QED) is 0.446. The first kappa shape index (κ1) is 21.3. The van der Waals surface area contributed by atoms with E-state index in [2.05, 4.69) is 5.32 Å². The van der Waals surface area contributed by atoms with E-state index in [1.54, 1.807) is 6.07 Å². The zero-order chi connectivity index (χ0) is 21.7. The largest absolute Gasteiger partial charge is 0.416 e. The number of anilines is 2. The zero-order valence-corrected chi connectivity index (χ0v) is 15.7. The summed E-state index contributed by atoms with van der Waals surface area (Å²) in [5.41, 5.74) is -0.108. The van der Waals surface area contributed by atoms with E-state index in [9.17, 15) is 28.1 Å². The number of ether oxygens (including phenoxy) is 1. The standard InChI is InChI=1S/C20H18F3N3O4/c21-20(22,23)15-5-6-18(25-8-10-30-11-9-25)17(13-15)24-19(27)7-4-14-2-1-3-16(12-14)26(28)29/h1-7,12-13H,8-11H2,(H,24,27). The maximum atomic E-state index is 13.1. The SMILES string of the molecule is O=C(C=Cc1cccc([N+](=O)[O-])c1)Nc1cc(C(F)(F)F)ccc1N1CCOCC1. The number of alkyl halides is 3. The topological polar surface area (TPSA) is 84.7 Å². The molecule has 2 aromatic rings. The molecule has 0 aromatic heterocycles. The molecule has 3 rings (SSSR count). The summed E-state index contributed by atoms with van der Waals surface area (Å²) in [6.07, 6.45) is -2.09. The summed E-state index contributed by atoms with van der Waals surface area (Å²) in [5, 5.41) is 13.3. The van der Waals surface area contributed by atoms with Gasteiger partial charge < -0.3 is 15.0 Å². The molecule has 30 heavy (non-hydrogen) atoms. The van der Waals surface area contributed by atoms with Crippen LogP contribution < -0.4 is 10.2 Å². The lowest BCUT2D eigenvalue weighted by Gasteiger charge is -2.30. The number of halogens is 3. The van der Waals surface area contributed by atoms with Crippen LogP contribution in [0, 0.1) is 10.1 Å². The Hall–Kier alpha value is -3.40. The highest BCUT2D eigenvalue weighted by Crippen LogP contribution is 2.35. The number of carbonyl (C=O) groups excluding carboxylic acids is 1. The number of amides is 1. The summed E-state index contributed by atoms with van der Waals surface area (Å²) in [6.45, 7) is 1.83. The Morgan fingerprint density at radius 3 is 2.57 bits per heavy atom. The fraction of sp³-hybridized carbons (Fsp3) is 0.250. The van der Waals surface area contributed by atoms with Crippen molar-refractivity contribution >= 4 is 29.0 Å². The van der Waals surface area contributed by atoms with Crippen LogP contribution in [-0.2, 0) is 15.7 Å². The molecule has 1 heterocycles. The van der Waals surface area contributed by atoms with Crippen molar-refractivity contribution in [3.05, 3.63) is 69.8 Å². The van der Waals surface area contributed by atoms with Crippen LogP contribution in [0.15, 0.2) is 48.5 Å². The summed E-state index contributed by atoms with van der Waals surface area (Å²) in [4.78, 5) is 24.5. The van der Waals surface area contributed by atoms with Gasteiger partial charge in [-0.05, 0) is 29.8 Å². The van der Waals surface area contributed by atoms with Crippen molar-refractivity contribution in [1.29, 1.82) is 0 Å². The summed E-state index contributed by atoms with van der Waals surface area (Å²) in [7, 11) is 0. The highest BCUT2D eigenvalue weighted by molar-refractivity contribution is 6.04. The van der Waals surface area contributed by atoms with E-state index in [0.29, 0.717) is 37.6 Å². The van der Waals surface area contributed by atoms with Crippen molar-refractivity contribution in [1.82, 2.24) is 0 Å². The Morgan fingerprint density at radius 1 is 1.17 bits per heavy atom. The molecular weight excluding hydrogens is 403 g/mol. The highest BCUT2D eigenvalue weighted by atomic mass is 19.4. The zero-order valence-electron chi connectivity index (χ0n) is 15.7. The molecule has 0 aliphatic carbocycles. The minimum atomic E-state index is -4.55. The molecule has 1 N–H and O–H groups in total. The second-order valence-electron chi connectivity index (χ2n) is 6.50. The summed E-state index contributed by atoms with van der Waals surface area (Å²) >= 11 is 0. The van der Waals surface area contributed by atoms with E-state index >= 15 is 0 Å². The Bertz CT molecular complexity index is 970. The molecule has 1 saturated heterocycles. The van der Waals surface area contributed by atoms with Crippen LogP contribution in [0.1, 0.15) is 11.1 Å². The fourth-order valence-corrected chi connectivity index (χ4v) is 2.98. The first-order chi connectivity index (χ1) is 14.2. The normalized spacial score (nSPS) is 14.7. The van der Waals surface area contributed by atoms with Gasteiger partial charge in [0, 0.05) is 31.3 Å². The fourth-order valence-electron chi connectivity index (χ4n) is 2.98. The molecule has 0 bridgehead atoms. The van der Waals surface area contributed by atoms with Crippen LogP contribution in [0.3, 0.4) is 0 Å². The number of hydrogen-bond acceptors (Lipinski definition) is 5. The maximum absolute atomic E-state index is 13.1. The number of hydrogen-bond donors (Lipinski definition) is 1. The summed E-state index contributed by atoms with van der Waals surface area (Å²) in [5.74, 6) is -0.657. The lowest BCUT2D eigenvalue weighted by Crippen LogP contribution is -2.36. The van der Waals surface area contributed by atoms with Crippen molar-refractivity contribution in [3.8, 4) is 0 Å². The number of nitrogens with zero attached hydrogens (tertiary/aromatic N) is 2. The van der Waals surface area contributed by atoms with Crippen LogP contribution in [0.2, 0.25) is 0 Å². The van der Waals surface area contributed by atoms with Gasteiger partial charge in [-0.25, -0.2) is 0 Å². The van der Waals surface area contributed by atoms with Crippen LogP contribution in [-0.4, -0.2) is 37.1 Å². The number of morpholine rings is 1. The molecule has 0 spiro atoms. The molecule has 1 fully saturated rings. The third-order valence-electron chi connectivity index (χ3n) is 4.44. The number of nitrogens with one attached hydrogen (secondary N) is 1. The molecule has 1 aliphatic rings. The minimum absolute atomic E-state index is 0.0282. The Balaban J connectivity index is 1.83. The summed E-state index contributed by atoms with van der Waals surface area (Å²) < 4.78 is 44.7. The molecule has 158 valence electrons. The monoisotopic (exact) mass is 421 g/mol. The van der Waals surface area contributed by atoms with Gasteiger partial charge in [0.1, 0.15) is 0 Å². The molecule has 10 heteroatoms. The van der Waals surface area contributed by atoms with Gasteiger partial charge in [-0.3, -0.25) is 14.9 Å². The van der Waals surface area contributed by atoms with Crippen molar-refractivity contribution < 1.29 is 27.6 Å². The Kier molecular flexibility index (Phi) is 6.36. The lowest BCUT2D eigenvalue weighted by molar-refractivity contribution is -0.384. The van der Waals surface area contributed by atoms with E-state index in [4.69, 9.17) is 4.74 Å². The molecule has 1 amide bonds. The number of non-ortho nitro benzene ring substituents is 1. The number of benzene rings is 2. The first-order valence-electron chi connectivity index (χ1n) is 9.01. The van der Waals surface area contributed by atoms with Gasteiger partial charge in [0.05, 0.1) is 35.1 Å². The van der Waals surface area contributed by atoms with Crippen molar-refractivity contribution in [2.45, 2.75) is 6.18 Å². The first-order valence-corrected chi connectivity index (χ1v) is 9.01. The molecule has 0 unspecified atom stereocenters. The molecule has 1 aliphatic heterocycles. The molecule has 7 nitrogen and oxygen atoms in total. The third-order valence-corrected chi connectivity index (χ3v) is 4.44. The van der Waals surface area contributed by atoms with Gasteiger partial charge in [0.2, 0.25) is 5.91 Å². The second-order valence-corrected chi connectivity index (χ2v) is 6.50. The third kappa shape index (κ3) is 5.35. The number of carbonyl (C=O) groups is 1. The van der Waals surface area contributed by atoms with Crippen molar-refractivity contribution in [2.75, 3.05) is 36.5 Å². The number of nitro groups is 1. The van der Waals surface area contributed by atoms with Crippen LogP contribution in [0.4, 0.5) is 30.2 Å². The second kappa shape index (κ2) is 8.95. The van der Waals surface area contributed by atoms with E-state index in [1.807, 2.05) is 4.90 Å². The van der Waals surface area contributed by atoms with Crippen LogP contribution in [0.25, 0.3) is 6.08 Å². The van der Waals surface area contributed by atoms with Gasteiger partial charge in [-0.15, -0.1) is 0 Å². The Morgan fingerprint density at radius 2 is 1.90 bits per heavy atom. The number of nitro benzene ring substituents is 1. The van der Waals surface area contributed by atoms with Gasteiger partial charge >= 0.3 is 6.18 Å². The van der Waals surface area contributed by atoms with Crippen molar-refractivity contribution in [3.63, 3.8) is 0 Å². The predicted molar refractivity (Wildman–Crippen MR) is 105 cm³/mol. The molecule has 0 saturated carbocycles. The average Bonchev–Trinajstić information content (AvgIpc) is 2.72. The predicted octanol–water partition coefficient (Wildman–Crippen LogP) is 4.10. The van der Waals surface area contributed by atoms with Gasteiger partial charge in [0.25, 0.3) is 5.69 Å². The molecule has 2 aromatic carbocycles. The van der Waals surface area contributed by atoms with Crippen LogP contribution in [0.5, 0.6) is 0 Å². The number of rotatable bonds is 5. The van der Waals surface area contributed by atoms with E-state index in [1.165, 1.54) is 30.3 Å². The van der Waals surface area contributed by atoms with Crippen molar-refractivity contribution in [2.24, 2.45) is 0 Å². The van der Waals surface area contributed by atoms with E-state index < -0.39 is 22.6 Å². The van der Waals surface area contributed by atoms with Crippen LogP contribution >= 0.6 is 0 Å². The summed E-state index contributed by atoms with van der Waals surface area (Å²) in [6, 6.07) is 8.83. The van der Waals surface area contributed by atoms with Gasteiger partial charge in [0.15, 0.2) is 0 Å². The average molecular weight is 421 g/mol. The molecule has 0 atom stereocenters. The molecule has 0 radical (unpaired) electrons. The minimum Gasteiger partial charge on any atom is -0.378 e. The van der Waals surface area contributed by atoms with E-state index in [0.717, 1.165) is 18.2 Å². The van der Waals surface area contributed by atoms with Gasteiger partial charge in [-0.2, -0.15) is 13.2 Å². The highest BCUT2D eigenvalue weighted by Gasteiger charge is 2.31. The maximum Gasteiger partial charge on any atom is 0.416 e. The van der Waals surface area contributed by atoms with E-state index in [-0.39, 0.29) is 11.4 Å². The smallest absolute Gasteiger partial charge is 0.378 e. The van der Waals surface area contributed by atoms with Gasteiger partial charge in [-0.1, -0.05) is 12.1 Å². The molecular formula is C20H18F3N3O4. The lowest BCUT2D eigenvalue weighted by atomic mass is 10.1. The Labute approximate surface area is 169 Å².